The third-order valence-electron chi connectivity index (χ3n) is 5.49. The first kappa shape index (κ1) is 14.9. The molecule has 1 fully saturated rings. The van der Waals surface area contributed by atoms with Crippen molar-refractivity contribution < 1.29 is 4.74 Å². The van der Waals surface area contributed by atoms with Crippen LogP contribution in [0.1, 0.15) is 49.3 Å². The lowest BCUT2D eigenvalue weighted by Crippen LogP contribution is -2.54. The molecule has 1 N–H and O–H groups in total. The number of ether oxygens (including phenoxy) is 1. The van der Waals surface area contributed by atoms with E-state index in [9.17, 15) is 0 Å². The van der Waals surface area contributed by atoms with Crippen LogP contribution >= 0.6 is 0 Å². The number of benzene rings is 1. The molecule has 0 amide bonds. The molecule has 1 heterocycles. The number of likely N-dealkylation sites (N-methyl/N-ethyl adjacent to an activating group) is 2. The van der Waals surface area contributed by atoms with E-state index in [0.29, 0.717) is 6.04 Å². The van der Waals surface area contributed by atoms with Gasteiger partial charge in [0.25, 0.3) is 0 Å². The van der Waals surface area contributed by atoms with Crippen molar-refractivity contribution in [2.24, 2.45) is 0 Å². The minimum Gasteiger partial charge on any atom is -0.493 e. The summed E-state index contributed by atoms with van der Waals surface area (Å²) in [5.74, 6) is 1.14. The van der Waals surface area contributed by atoms with Crippen molar-refractivity contribution in [2.75, 3.05) is 27.7 Å². The van der Waals surface area contributed by atoms with Crippen molar-refractivity contribution in [2.45, 2.75) is 50.1 Å². The van der Waals surface area contributed by atoms with Crippen LogP contribution in [0.5, 0.6) is 5.75 Å². The Balaban J connectivity index is 2.02. The van der Waals surface area contributed by atoms with Gasteiger partial charge >= 0.3 is 0 Å². The molecule has 3 rings (SSSR count). The molecule has 0 aromatic heterocycles. The molecule has 2 aliphatic rings. The highest BCUT2D eigenvalue weighted by molar-refractivity contribution is 5.47. The smallest absolute Gasteiger partial charge is 0.127 e. The monoisotopic (exact) mass is 288 g/mol. The fourth-order valence-corrected chi connectivity index (χ4v) is 4.34. The first-order chi connectivity index (χ1) is 10.2. The van der Waals surface area contributed by atoms with E-state index >= 15 is 0 Å². The van der Waals surface area contributed by atoms with Gasteiger partial charge in [0, 0.05) is 17.5 Å². The van der Waals surface area contributed by atoms with Gasteiger partial charge in [-0.1, -0.05) is 37.5 Å². The molecule has 1 aliphatic carbocycles. The van der Waals surface area contributed by atoms with Crippen LogP contribution in [0.25, 0.3) is 0 Å². The second-order valence-electron chi connectivity index (χ2n) is 6.71. The summed E-state index contributed by atoms with van der Waals surface area (Å²) in [6, 6.07) is 6.99. The molecular weight excluding hydrogens is 260 g/mol. The lowest BCUT2D eigenvalue weighted by Gasteiger charge is -2.49. The van der Waals surface area contributed by atoms with Gasteiger partial charge in [-0.15, -0.1) is 0 Å². The van der Waals surface area contributed by atoms with E-state index in [1.807, 2.05) is 0 Å². The van der Waals surface area contributed by atoms with Crippen molar-refractivity contribution in [3.05, 3.63) is 29.3 Å². The molecule has 1 aromatic carbocycles. The SMILES string of the molecule is CNC(c1cccc2c1OCC2)C1(N(C)C)CCCCC1. The van der Waals surface area contributed by atoms with Crippen LogP contribution in [-0.2, 0) is 6.42 Å². The number of rotatable bonds is 4. The summed E-state index contributed by atoms with van der Waals surface area (Å²) < 4.78 is 5.97. The molecule has 0 saturated heterocycles. The van der Waals surface area contributed by atoms with Crippen molar-refractivity contribution in [3.8, 4) is 5.75 Å². The van der Waals surface area contributed by atoms with E-state index in [2.05, 4.69) is 49.6 Å². The number of hydrogen-bond donors (Lipinski definition) is 1. The molecule has 1 unspecified atom stereocenters. The summed E-state index contributed by atoms with van der Waals surface area (Å²) >= 11 is 0. The zero-order chi connectivity index (χ0) is 14.9. The second kappa shape index (κ2) is 5.98. The van der Waals surface area contributed by atoms with Gasteiger partial charge in [0.2, 0.25) is 0 Å². The minimum atomic E-state index is 0.202. The van der Waals surface area contributed by atoms with Gasteiger partial charge in [0.15, 0.2) is 0 Å². The number of fused-ring (bicyclic) bond motifs is 1. The molecule has 3 heteroatoms. The number of hydrogen-bond acceptors (Lipinski definition) is 3. The van der Waals surface area contributed by atoms with E-state index in [1.54, 1.807) is 0 Å². The fraction of sp³-hybridized carbons (Fsp3) is 0.667. The summed E-state index contributed by atoms with van der Waals surface area (Å²) in [6.07, 6.45) is 7.59. The van der Waals surface area contributed by atoms with Gasteiger partial charge in [-0.3, -0.25) is 0 Å². The Morgan fingerprint density at radius 1 is 1.19 bits per heavy atom. The Hall–Kier alpha value is -1.06. The number of nitrogens with one attached hydrogen (secondary N) is 1. The van der Waals surface area contributed by atoms with Gasteiger partial charge in [0.1, 0.15) is 5.75 Å². The summed E-state index contributed by atoms with van der Waals surface area (Å²) in [4.78, 5) is 2.45. The maximum atomic E-state index is 5.97. The highest BCUT2D eigenvalue weighted by Crippen LogP contribution is 2.45. The normalized spacial score (nSPS) is 21.9. The Morgan fingerprint density at radius 3 is 2.62 bits per heavy atom. The van der Waals surface area contributed by atoms with Gasteiger partial charge in [0.05, 0.1) is 12.6 Å². The zero-order valence-electron chi connectivity index (χ0n) is 13.6. The molecule has 1 atom stereocenters. The predicted octanol–water partition coefficient (Wildman–Crippen LogP) is 3.15. The molecular formula is C18H28N2O. The first-order valence-electron chi connectivity index (χ1n) is 8.28. The Morgan fingerprint density at radius 2 is 1.95 bits per heavy atom. The van der Waals surface area contributed by atoms with E-state index < -0.39 is 0 Å². The van der Waals surface area contributed by atoms with Gasteiger partial charge in [-0.05, 0) is 39.5 Å². The Labute approximate surface area is 128 Å². The van der Waals surface area contributed by atoms with Gasteiger partial charge in [-0.25, -0.2) is 0 Å². The highest BCUT2D eigenvalue weighted by atomic mass is 16.5. The van der Waals surface area contributed by atoms with Crippen molar-refractivity contribution in [1.82, 2.24) is 10.2 Å². The molecule has 1 saturated carbocycles. The van der Waals surface area contributed by atoms with Crippen molar-refractivity contribution >= 4 is 0 Å². The van der Waals surface area contributed by atoms with E-state index in [1.165, 1.54) is 43.2 Å². The van der Waals surface area contributed by atoms with Crippen LogP contribution in [0, 0.1) is 0 Å². The van der Waals surface area contributed by atoms with Gasteiger partial charge in [-0.2, -0.15) is 0 Å². The topological polar surface area (TPSA) is 24.5 Å². The fourth-order valence-electron chi connectivity index (χ4n) is 4.34. The second-order valence-corrected chi connectivity index (χ2v) is 6.71. The molecule has 0 radical (unpaired) electrons. The highest BCUT2D eigenvalue weighted by Gasteiger charge is 2.43. The standard InChI is InChI=1S/C18H28N2O/c1-19-17(18(20(2)3)11-5-4-6-12-18)15-9-7-8-14-10-13-21-16(14)15/h7-9,17,19H,4-6,10-13H2,1-3H3. The van der Waals surface area contributed by atoms with E-state index in [-0.39, 0.29) is 5.54 Å². The number of nitrogens with zero attached hydrogens (tertiary/aromatic N) is 1. The van der Waals surface area contributed by atoms with Crippen molar-refractivity contribution in [1.29, 1.82) is 0 Å². The Kier molecular flexibility index (Phi) is 4.23. The van der Waals surface area contributed by atoms with Crippen LogP contribution in [0.3, 0.4) is 0 Å². The van der Waals surface area contributed by atoms with E-state index in [0.717, 1.165) is 18.8 Å². The maximum absolute atomic E-state index is 5.97. The largest absolute Gasteiger partial charge is 0.493 e. The maximum Gasteiger partial charge on any atom is 0.127 e. The predicted molar refractivity (Wildman–Crippen MR) is 86.9 cm³/mol. The molecule has 1 aromatic rings. The molecule has 0 bridgehead atoms. The van der Waals surface area contributed by atoms with Crippen molar-refractivity contribution in [3.63, 3.8) is 0 Å². The average Bonchev–Trinajstić information content (AvgIpc) is 2.98. The average molecular weight is 288 g/mol. The summed E-state index contributed by atoms with van der Waals surface area (Å²) in [7, 11) is 6.57. The third kappa shape index (κ3) is 2.47. The summed E-state index contributed by atoms with van der Waals surface area (Å²) in [5, 5.41) is 3.62. The molecule has 116 valence electrons. The zero-order valence-corrected chi connectivity index (χ0v) is 13.6. The molecule has 3 nitrogen and oxygen atoms in total. The van der Waals surface area contributed by atoms with E-state index in [4.69, 9.17) is 4.74 Å². The molecule has 1 aliphatic heterocycles. The first-order valence-corrected chi connectivity index (χ1v) is 8.28. The van der Waals surface area contributed by atoms with Crippen LogP contribution in [0.2, 0.25) is 0 Å². The summed E-state index contributed by atoms with van der Waals surface area (Å²) in [6.45, 7) is 0.831. The Bertz CT molecular complexity index is 492. The third-order valence-corrected chi connectivity index (χ3v) is 5.49. The lowest BCUT2D eigenvalue weighted by molar-refractivity contribution is 0.0584. The van der Waals surface area contributed by atoms with Crippen LogP contribution in [0.4, 0.5) is 0 Å². The van der Waals surface area contributed by atoms with Gasteiger partial charge < -0.3 is 15.0 Å². The van der Waals surface area contributed by atoms with Crippen LogP contribution < -0.4 is 10.1 Å². The quantitative estimate of drug-likeness (QED) is 0.921. The van der Waals surface area contributed by atoms with Crippen LogP contribution in [0.15, 0.2) is 18.2 Å². The molecule has 21 heavy (non-hydrogen) atoms. The number of para-hydroxylation sites is 1. The lowest BCUT2D eigenvalue weighted by atomic mass is 9.72. The molecule has 0 spiro atoms. The summed E-state index contributed by atoms with van der Waals surface area (Å²) in [5.41, 5.74) is 2.93. The minimum absolute atomic E-state index is 0.202. The van der Waals surface area contributed by atoms with Crippen LogP contribution in [-0.4, -0.2) is 38.2 Å².